The van der Waals surface area contributed by atoms with Gasteiger partial charge in [0.2, 0.25) is 0 Å². The van der Waals surface area contributed by atoms with Gasteiger partial charge in [-0.15, -0.1) is 0 Å². The number of quaternary nitrogens is 1. The van der Waals surface area contributed by atoms with Crippen molar-refractivity contribution in [2.24, 2.45) is 0 Å². The Morgan fingerprint density at radius 1 is 1.75 bits per heavy atom. The number of aliphatic hydroxyl groups is 1. The molecule has 0 unspecified atom stereocenters. The van der Waals surface area contributed by atoms with Gasteiger partial charge in [0.15, 0.2) is 0 Å². The Hall–Kier alpha value is 0.270. The molecule has 0 bridgehead atoms. The van der Waals surface area contributed by atoms with Crippen LogP contribution in [0, 0.1) is 0 Å². The molecule has 0 radical (unpaired) electrons. The van der Waals surface area contributed by atoms with Crippen molar-refractivity contribution in [3.8, 4) is 0 Å². The van der Waals surface area contributed by atoms with Crippen LogP contribution in [-0.4, -0.2) is 29.8 Å². The summed E-state index contributed by atoms with van der Waals surface area (Å²) in [7, 11) is 0. The first-order chi connectivity index (χ1) is 3.81. The third-order valence-electron chi connectivity index (χ3n) is 0.988. The lowest BCUT2D eigenvalue weighted by atomic mass is 10.3. The molecule has 0 saturated carbocycles. The molecule has 4 N–H and O–H groups in total. The third kappa shape index (κ3) is 4.43. The van der Waals surface area contributed by atoms with E-state index in [0.717, 1.165) is 12.2 Å². The van der Waals surface area contributed by atoms with E-state index in [1.165, 1.54) is 0 Å². The van der Waals surface area contributed by atoms with Gasteiger partial charge in [0.1, 0.15) is 6.04 Å². The van der Waals surface area contributed by atoms with Crippen LogP contribution < -0.4 is 5.73 Å². The Balaban J connectivity index is 2.86. The van der Waals surface area contributed by atoms with Crippen molar-refractivity contribution in [1.29, 1.82) is 0 Å². The molecule has 0 aliphatic rings. The number of rotatable bonds is 4. The Morgan fingerprint density at radius 3 is 2.75 bits per heavy atom. The molecule has 8 heavy (non-hydrogen) atoms. The third-order valence-corrected chi connectivity index (χ3v) is 1.63. The van der Waals surface area contributed by atoms with E-state index in [9.17, 15) is 0 Å². The van der Waals surface area contributed by atoms with E-state index in [1.807, 2.05) is 0 Å². The molecular weight excluding hydrogens is 122 g/mol. The maximum absolute atomic E-state index is 8.49. The first kappa shape index (κ1) is 8.27. The highest BCUT2D eigenvalue weighted by atomic mass is 32.2. The van der Waals surface area contributed by atoms with Crippen LogP contribution in [0.5, 0.6) is 0 Å². The largest absolute Gasteiger partial charge is 0.390 e. The molecule has 2 nitrogen and oxygen atoms in total. The van der Waals surface area contributed by atoms with E-state index < -0.39 is 0 Å². The van der Waals surface area contributed by atoms with Gasteiger partial charge in [-0.25, -0.2) is 0 Å². The summed E-state index contributed by atoms with van der Waals surface area (Å²) in [6.07, 6.45) is 3.09. The SMILES string of the molecule is CSCC[C@H]([NH3+])CO. The first-order valence-electron chi connectivity index (χ1n) is 2.74. The molecule has 0 aromatic heterocycles. The van der Waals surface area contributed by atoms with E-state index >= 15 is 0 Å². The molecule has 0 heterocycles. The summed E-state index contributed by atoms with van der Waals surface area (Å²) in [5.41, 5.74) is 3.73. The van der Waals surface area contributed by atoms with Crippen LogP contribution in [0.2, 0.25) is 0 Å². The molecule has 0 amide bonds. The van der Waals surface area contributed by atoms with Gasteiger partial charge in [-0.05, 0) is 12.0 Å². The van der Waals surface area contributed by atoms with Crippen molar-refractivity contribution >= 4 is 11.8 Å². The van der Waals surface area contributed by atoms with Gasteiger partial charge in [0.25, 0.3) is 0 Å². The predicted molar refractivity (Wildman–Crippen MR) is 36.8 cm³/mol. The minimum Gasteiger partial charge on any atom is -0.390 e. The molecule has 1 atom stereocenters. The van der Waals surface area contributed by atoms with Gasteiger partial charge in [-0.1, -0.05) is 0 Å². The van der Waals surface area contributed by atoms with Crippen LogP contribution >= 0.6 is 11.8 Å². The van der Waals surface area contributed by atoms with Crippen LogP contribution in [0.4, 0.5) is 0 Å². The molecule has 0 fully saturated rings. The number of thioether (sulfide) groups is 1. The van der Waals surface area contributed by atoms with Crippen molar-refractivity contribution in [3.63, 3.8) is 0 Å². The molecule has 0 aromatic rings. The maximum atomic E-state index is 8.49. The fourth-order valence-electron chi connectivity index (χ4n) is 0.376. The molecule has 0 aliphatic heterocycles. The highest BCUT2D eigenvalue weighted by Crippen LogP contribution is 1.95. The van der Waals surface area contributed by atoms with Crippen molar-refractivity contribution in [3.05, 3.63) is 0 Å². The second-order valence-corrected chi connectivity index (χ2v) is 2.82. The average molecular weight is 136 g/mol. The van der Waals surface area contributed by atoms with E-state index in [-0.39, 0.29) is 12.6 Å². The van der Waals surface area contributed by atoms with Gasteiger partial charge in [0.05, 0.1) is 6.61 Å². The molecule has 0 saturated heterocycles. The molecular formula is C5H14NOS+. The van der Waals surface area contributed by atoms with Crippen LogP contribution in [0.1, 0.15) is 6.42 Å². The molecule has 0 spiro atoms. The van der Waals surface area contributed by atoms with Gasteiger partial charge in [-0.2, -0.15) is 11.8 Å². The molecule has 50 valence electrons. The number of hydrogen-bond donors (Lipinski definition) is 2. The summed E-state index contributed by atoms with van der Waals surface area (Å²) in [4.78, 5) is 0. The average Bonchev–Trinajstić information content (AvgIpc) is 1.83. The summed E-state index contributed by atoms with van der Waals surface area (Å²) in [5, 5.41) is 8.49. The quantitative estimate of drug-likeness (QED) is 0.539. The standard InChI is InChI=1S/C5H13NOS/c1-8-3-2-5(6)4-7/h5,7H,2-4,6H2,1H3/p+1/t5-/m0/s1. The maximum Gasteiger partial charge on any atom is 0.109 e. The minimum absolute atomic E-state index is 0.223. The van der Waals surface area contributed by atoms with E-state index in [1.54, 1.807) is 11.8 Å². The fourth-order valence-corrected chi connectivity index (χ4v) is 0.945. The lowest BCUT2D eigenvalue weighted by Gasteiger charge is -2.00. The number of aliphatic hydroxyl groups excluding tert-OH is 1. The van der Waals surface area contributed by atoms with Crippen LogP contribution in [0.15, 0.2) is 0 Å². The second kappa shape index (κ2) is 5.41. The zero-order valence-corrected chi connectivity index (χ0v) is 6.08. The molecule has 0 aliphatic carbocycles. The summed E-state index contributed by atoms with van der Waals surface area (Å²) in [6, 6.07) is 0.238. The predicted octanol–water partition coefficient (Wildman–Crippen LogP) is -0.658. The monoisotopic (exact) mass is 136 g/mol. The Labute approximate surface area is 54.5 Å². The Morgan fingerprint density at radius 2 is 2.38 bits per heavy atom. The van der Waals surface area contributed by atoms with Crippen molar-refractivity contribution in [2.75, 3.05) is 18.6 Å². The van der Waals surface area contributed by atoms with E-state index in [4.69, 9.17) is 5.11 Å². The van der Waals surface area contributed by atoms with Crippen molar-refractivity contribution < 1.29 is 10.8 Å². The van der Waals surface area contributed by atoms with Gasteiger partial charge in [0, 0.05) is 6.42 Å². The summed E-state index contributed by atoms with van der Waals surface area (Å²) in [5.74, 6) is 1.11. The van der Waals surface area contributed by atoms with Crippen LogP contribution in [-0.2, 0) is 0 Å². The zero-order valence-electron chi connectivity index (χ0n) is 5.26. The lowest BCUT2D eigenvalue weighted by molar-refractivity contribution is -0.425. The molecule has 0 rings (SSSR count). The van der Waals surface area contributed by atoms with Crippen LogP contribution in [0.3, 0.4) is 0 Å². The zero-order chi connectivity index (χ0) is 6.41. The smallest absolute Gasteiger partial charge is 0.109 e. The summed E-state index contributed by atoms with van der Waals surface area (Å²) >= 11 is 1.79. The Kier molecular flexibility index (Phi) is 5.59. The molecule has 3 heteroatoms. The molecule has 0 aromatic carbocycles. The minimum atomic E-state index is 0.223. The van der Waals surface area contributed by atoms with E-state index in [0.29, 0.717) is 0 Å². The lowest BCUT2D eigenvalue weighted by Crippen LogP contribution is -2.62. The fraction of sp³-hybridized carbons (Fsp3) is 1.00. The van der Waals surface area contributed by atoms with Crippen molar-refractivity contribution in [1.82, 2.24) is 0 Å². The van der Waals surface area contributed by atoms with Crippen LogP contribution in [0.25, 0.3) is 0 Å². The van der Waals surface area contributed by atoms with Gasteiger partial charge in [-0.3, -0.25) is 0 Å². The first-order valence-corrected chi connectivity index (χ1v) is 4.13. The van der Waals surface area contributed by atoms with Gasteiger partial charge >= 0.3 is 0 Å². The topological polar surface area (TPSA) is 47.9 Å². The van der Waals surface area contributed by atoms with Gasteiger partial charge < -0.3 is 10.8 Å². The highest BCUT2D eigenvalue weighted by molar-refractivity contribution is 7.98. The summed E-state index contributed by atoms with van der Waals surface area (Å²) in [6.45, 7) is 0.223. The highest BCUT2D eigenvalue weighted by Gasteiger charge is 2.00. The second-order valence-electron chi connectivity index (χ2n) is 1.83. The van der Waals surface area contributed by atoms with E-state index in [2.05, 4.69) is 12.0 Å². The normalized spacial score (nSPS) is 13.9. The van der Waals surface area contributed by atoms with Crippen molar-refractivity contribution in [2.45, 2.75) is 12.5 Å². The Bertz CT molecular complexity index is 51.7. The number of hydrogen-bond acceptors (Lipinski definition) is 2. The summed E-state index contributed by atoms with van der Waals surface area (Å²) < 4.78 is 0.